The summed E-state index contributed by atoms with van der Waals surface area (Å²) < 4.78 is 73.0. The second kappa shape index (κ2) is 15.0. The number of nitrogens with two attached hydrogens (primary N) is 2. The molecule has 0 saturated heterocycles. The van der Waals surface area contributed by atoms with Gasteiger partial charge in [0, 0.05) is 16.4 Å². The monoisotopic (exact) mass is 786 g/mol. The fourth-order valence-corrected chi connectivity index (χ4v) is 5.74. The lowest BCUT2D eigenvalue weighted by molar-refractivity contribution is -0.274. The van der Waals surface area contributed by atoms with Gasteiger partial charge in [0.15, 0.2) is 23.3 Å². The van der Waals surface area contributed by atoms with Crippen molar-refractivity contribution < 1.29 is 26.7 Å². The molecule has 56 heavy (non-hydrogen) atoms. The predicted octanol–water partition coefficient (Wildman–Crippen LogP) is 8.73. The fraction of sp³-hybridized carbons (Fsp3) is 0.0811. The Morgan fingerprint density at radius 1 is 0.589 bits per heavy atom. The Balaban J connectivity index is 0.000000173. The van der Waals surface area contributed by atoms with E-state index in [1.165, 1.54) is 12.1 Å². The summed E-state index contributed by atoms with van der Waals surface area (Å²) in [7, 11) is 0. The van der Waals surface area contributed by atoms with Crippen molar-refractivity contribution in [2.45, 2.75) is 20.2 Å². The van der Waals surface area contributed by atoms with Crippen LogP contribution in [0, 0.1) is 25.5 Å². The van der Waals surface area contributed by atoms with Crippen molar-refractivity contribution in [3.8, 4) is 17.6 Å². The molecule has 0 fully saturated rings. The maximum absolute atomic E-state index is 14.5. The van der Waals surface area contributed by atoms with Gasteiger partial charge in [-0.3, -0.25) is 9.13 Å². The van der Waals surface area contributed by atoms with Crippen LogP contribution >= 0.6 is 11.6 Å². The van der Waals surface area contributed by atoms with E-state index in [4.69, 9.17) is 23.1 Å². The van der Waals surface area contributed by atoms with Gasteiger partial charge in [-0.2, -0.15) is 28.7 Å². The van der Waals surface area contributed by atoms with Crippen molar-refractivity contribution >= 4 is 68.3 Å². The third kappa shape index (κ3) is 7.90. The highest BCUT2D eigenvalue weighted by atomic mass is 35.5. The van der Waals surface area contributed by atoms with Gasteiger partial charge in [-0.05, 0) is 86.6 Å². The van der Waals surface area contributed by atoms with Gasteiger partial charge in [0.2, 0.25) is 23.5 Å². The lowest BCUT2D eigenvalue weighted by atomic mass is 10.3. The molecular formula is C37H28ClF5N12O. The van der Waals surface area contributed by atoms with Crippen LogP contribution in [0.2, 0.25) is 5.02 Å². The Bertz CT molecular complexity index is 2700. The number of fused-ring (bicyclic) bond motifs is 2. The number of ether oxygens (including phenoxy) is 1. The molecule has 0 radical (unpaired) electrons. The van der Waals surface area contributed by atoms with Crippen LogP contribution in [0.25, 0.3) is 34.0 Å². The number of halogens is 6. The molecule has 8 aromatic rings. The zero-order chi connectivity index (χ0) is 39.7. The van der Waals surface area contributed by atoms with Crippen LogP contribution in [0.1, 0.15) is 11.6 Å². The Morgan fingerprint density at radius 3 is 1.43 bits per heavy atom. The predicted molar refractivity (Wildman–Crippen MR) is 203 cm³/mol. The molecule has 0 unspecified atom stereocenters. The number of alkyl halides is 3. The number of nitrogen functional groups attached to an aromatic ring is 2. The summed E-state index contributed by atoms with van der Waals surface area (Å²) in [5.41, 5.74) is 15.4. The molecule has 0 aliphatic carbocycles. The van der Waals surface area contributed by atoms with E-state index in [2.05, 4.69) is 45.3 Å². The van der Waals surface area contributed by atoms with E-state index in [-0.39, 0.29) is 35.0 Å². The Labute approximate surface area is 318 Å². The fourth-order valence-electron chi connectivity index (χ4n) is 5.61. The van der Waals surface area contributed by atoms with E-state index < -0.39 is 29.6 Å². The number of aryl methyl sites for hydroxylation is 2. The van der Waals surface area contributed by atoms with Gasteiger partial charge in [0.25, 0.3) is 0 Å². The first-order valence-corrected chi connectivity index (χ1v) is 16.8. The number of hydrogen-bond donors (Lipinski definition) is 4. The normalized spacial score (nSPS) is 11.4. The number of para-hydroxylation sites is 4. The summed E-state index contributed by atoms with van der Waals surface area (Å²) in [4.78, 5) is 25.5. The first kappa shape index (κ1) is 37.2. The van der Waals surface area contributed by atoms with Crippen LogP contribution in [0.5, 0.6) is 5.75 Å². The maximum Gasteiger partial charge on any atom is 0.573 e. The van der Waals surface area contributed by atoms with Crippen molar-refractivity contribution in [1.82, 2.24) is 39.0 Å². The second-order valence-electron chi connectivity index (χ2n) is 11.9. The minimum absolute atomic E-state index is 0.0213. The molecule has 8 rings (SSSR count). The molecule has 284 valence electrons. The summed E-state index contributed by atoms with van der Waals surface area (Å²) in [6.07, 6.45) is -4.80. The molecule has 0 bridgehead atoms. The molecule has 0 amide bonds. The standard InChI is InChI=1S/C19H14F4N6O.C18H14ClFN6/c1-10-25-13-4-2-3-5-14(13)29(10)18-27-16(24)15(20)17(28-18)26-11-6-8-12(9-7-11)30-19(21,22)23;1-10-22-13-4-2-3-5-14(13)26(10)18-24-16(21)15(20)17(25-18)23-12-8-6-11(19)7-9-12/h2-9H,1H3,(H3,24,26,27,28);2-9H,1H3,(H3,21,23,24,25). The largest absolute Gasteiger partial charge is 0.573 e. The molecule has 6 N–H and O–H groups in total. The van der Waals surface area contributed by atoms with Crippen LogP contribution in [-0.4, -0.2) is 45.4 Å². The average Bonchev–Trinajstić information content (AvgIpc) is 3.68. The molecule has 0 spiro atoms. The molecular weight excluding hydrogens is 759 g/mol. The SMILES string of the molecule is Cc1nc2ccccc2n1-c1nc(N)c(F)c(Nc2ccc(Cl)cc2)n1.Cc1nc2ccccc2n1-c1nc(N)c(F)c(Nc2ccc(OC(F)(F)F)cc2)n1. The van der Waals surface area contributed by atoms with Crippen LogP contribution in [0.4, 0.5) is 56.6 Å². The van der Waals surface area contributed by atoms with Gasteiger partial charge in [0.1, 0.15) is 17.4 Å². The highest BCUT2D eigenvalue weighted by molar-refractivity contribution is 6.30. The number of aromatic nitrogens is 8. The van der Waals surface area contributed by atoms with Crippen molar-refractivity contribution in [1.29, 1.82) is 0 Å². The minimum atomic E-state index is -4.80. The van der Waals surface area contributed by atoms with E-state index in [9.17, 15) is 22.0 Å². The van der Waals surface area contributed by atoms with Crippen molar-refractivity contribution in [2.75, 3.05) is 22.1 Å². The van der Waals surface area contributed by atoms with E-state index >= 15 is 0 Å². The molecule has 0 aliphatic rings. The van der Waals surface area contributed by atoms with Gasteiger partial charge in [0.05, 0.1) is 22.1 Å². The first-order chi connectivity index (χ1) is 26.7. The lowest BCUT2D eigenvalue weighted by Crippen LogP contribution is -2.17. The van der Waals surface area contributed by atoms with Crippen LogP contribution in [-0.2, 0) is 0 Å². The topological polar surface area (TPSA) is 173 Å². The number of benzene rings is 4. The summed E-state index contributed by atoms with van der Waals surface area (Å²) in [5, 5.41) is 6.19. The molecule has 19 heteroatoms. The molecule has 4 aromatic heterocycles. The van der Waals surface area contributed by atoms with E-state index in [0.717, 1.165) is 23.2 Å². The van der Waals surface area contributed by atoms with Crippen LogP contribution in [0.3, 0.4) is 0 Å². The Kier molecular flexibility index (Phi) is 9.96. The van der Waals surface area contributed by atoms with Gasteiger partial charge in [-0.15, -0.1) is 13.2 Å². The number of hydrogen-bond acceptors (Lipinski definition) is 11. The quantitative estimate of drug-likeness (QED) is 0.114. The third-order valence-electron chi connectivity index (χ3n) is 8.04. The summed E-state index contributed by atoms with van der Waals surface area (Å²) in [5.74, 6) is -1.33. The summed E-state index contributed by atoms with van der Waals surface area (Å²) in [6, 6.07) is 26.4. The number of rotatable bonds is 7. The van der Waals surface area contributed by atoms with Crippen molar-refractivity contribution in [3.63, 3.8) is 0 Å². The molecule has 0 saturated carbocycles. The molecule has 4 aromatic carbocycles. The lowest BCUT2D eigenvalue weighted by Gasteiger charge is -2.13. The van der Waals surface area contributed by atoms with Gasteiger partial charge in [-0.1, -0.05) is 35.9 Å². The number of anilines is 6. The Morgan fingerprint density at radius 2 is 1.00 bits per heavy atom. The maximum atomic E-state index is 14.5. The zero-order valence-corrected chi connectivity index (χ0v) is 29.9. The Hall–Kier alpha value is -7.08. The van der Waals surface area contributed by atoms with Gasteiger partial charge >= 0.3 is 6.36 Å². The number of nitrogens with zero attached hydrogens (tertiary/aromatic N) is 8. The van der Waals surface area contributed by atoms with E-state index in [1.807, 2.05) is 55.5 Å². The third-order valence-corrected chi connectivity index (χ3v) is 8.30. The summed E-state index contributed by atoms with van der Waals surface area (Å²) in [6.45, 7) is 3.57. The second-order valence-corrected chi connectivity index (χ2v) is 12.4. The average molecular weight is 787 g/mol. The molecule has 13 nitrogen and oxygen atoms in total. The van der Waals surface area contributed by atoms with Crippen LogP contribution < -0.4 is 26.8 Å². The first-order valence-electron chi connectivity index (χ1n) is 16.4. The zero-order valence-electron chi connectivity index (χ0n) is 29.1. The minimum Gasteiger partial charge on any atom is -0.406 e. The van der Waals surface area contributed by atoms with Crippen LogP contribution in [0.15, 0.2) is 97.1 Å². The summed E-state index contributed by atoms with van der Waals surface area (Å²) >= 11 is 5.88. The highest BCUT2D eigenvalue weighted by Gasteiger charge is 2.31. The van der Waals surface area contributed by atoms with Crippen molar-refractivity contribution in [2.24, 2.45) is 0 Å². The number of imidazole rings is 2. The molecule has 0 atom stereocenters. The van der Waals surface area contributed by atoms with Crippen molar-refractivity contribution in [3.05, 3.63) is 125 Å². The number of nitrogens with one attached hydrogen (secondary N) is 2. The van der Waals surface area contributed by atoms with Gasteiger partial charge < -0.3 is 26.8 Å². The highest BCUT2D eigenvalue weighted by Crippen LogP contribution is 2.29. The van der Waals surface area contributed by atoms with E-state index in [0.29, 0.717) is 33.4 Å². The smallest absolute Gasteiger partial charge is 0.406 e. The van der Waals surface area contributed by atoms with E-state index in [1.54, 1.807) is 40.3 Å². The molecule has 4 heterocycles. The molecule has 0 aliphatic heterocycles. The van der Waals surface area contributed by atoms with Gasteiger partial charge in [-0.25, -0.2) is 9.97 Å².